The summed E-state index contributed by atoms with van der Waals surface area (Å²) in [6.07, 6.45) is 2.70. The number of hydrogen-bond acceptors (Lipinski definition) is 4. The highest BCUT2D eigenvalue weighted by Gasteiger charge is 2.35. The normalized spacial score (nSPS) is 17.4. The van der Waals surface area contributed by atoms with Crippen LogP contribution < -0.4 is 4.90 Å². The number of amides is 1. The van der Waals surface area contributed by atoms with Crippen LogP contribution in [0, 0.1) is 6.92 Å². The van der Waals surface area contributed by atoms with Crippen molar-refractivity contribution in [3.63, 3.8) is 0 Å². The third-order valence-electron chi connectivity index (χ3n) is 4.67. The number of carbonyl (C=O) groups is 2. The first-order valence-corrected chi connectivity index (χ1v) is 8.89. The van der Waals surface area contributed by atoms with Crippen molar-refractivity contribution >= 4 is 17.6 Å². The molecule has 1 saturated heterocycles. The molecule has 0 aliphatic carbocycles. The molecular weight excluding hydrogens is 332 g/mol. The van der Waals surface area contributed by atoms with Gasteiger partial charge in [0.05, 0.1) is 17.8 Å². The van der Waals surface area contributed by atoms with Crippen molar-refractivity contribution in [2.24, 2.45) is 0 Å². The number of hydrogen-bond donors (Lipinski definition) is 1. The molecule has 1 atom stereocenters. The molecule has 1 fully saturated rings. The van der Waals surface area contributed by atoms with Gasteiger partial charge in [-0.3, -0.25) is 9.48 Å². The monoisotopic (exact) mass is 356 g/mol. The van der Waals surface area contributed by atoms with Gasteiger partial charge in [0, 0.05) is 31.5 Å². The molecular formula is C19H24N4O3. The molecule has 0 saturated carbocycles. The van der Waals surface area contributed by atoms with Gasteiger partial charge in [0.2, 0.25) is 0 Å². The van der Waals surface area contributed by atoms with Crippen LogP contribution in [0.5, 0.6) is 0 Å². The lowest BCUT2D eigenvalue weighted by Crippen LogP contribution is -2.58. The van der Waals surface area contributed by atoms with E-state index in [9.17, 15) is 14.7 Å². The Morgan fingerprint density at radius 1 is 1.23 bits per heavy atom. The Labute approximate surface area is 152 Å². The SMILES string of the molecule is CCCn1cc(C(=O)N2CCN(c3ccccc3)[C@@H](C(=O)O)C2)c(C)n1. The number of aliphatic carboxylic acids is 1. The molecule has 1 aromatic carbocycles. The Hall–Kier alpha value is -2.83. The van der Waals surface area contributed by atoms with E-state index in [1.165, 1.54) is 0 Å². The van der Waals surface area contributed by atoms with Crippen LogP contribution in [0.25, 0.3) is 0 Å². The number of carboxylic acid groups (broad SMARTS) is 1. The highest BCUT2D eigenvalue weighted by Crippen LogP contribution is 2.22. The van der Waals surface area contributed by atoms with Gasteiger partial charge < -0.3 is 14.9 Å². The number of nitrogens with zero attached hydrogens (tertiary/aromatic N) is 4. The maximum atomic E-state index is 12.9. The summed E-state index contributed by atoms with van der Waals surface area (Å²) in [5.41, 5.74) is 2.09. The molecule has 0 spiro atoms. The van der Waals surface area contributed by atoms with Gasteiger partial charge in [-0.2, -0.15) is 5.10 Å². The minimum atomic E-state index is -0.926. The van der Waals surface area contributed by atoms with Crippen LogP contribution in [0.4, 0.5) is 5.69 Å². The molecule has 3 rings (SSSR count). The summed E-state index contributed by atoms with van der Waals surface area (Å²) in [5, 5.41) is 14.0. The second kappa shape index (κ2) is 7.59. The van der Waals surface area contributed by atoms with Crippen LogP contribution >= 0.6 is 0 Å². The fraction of sp³-hybridized carbons (Fsp3) is 0.421. The number of para-hydroxylation sites is 1. The van der Waals surface area contributed by atoms with Gasteiger partial charge in [-0.25, -0.2) is 4.79 Å². The second-order valence-electron chi connectivity index (χ2n) is 6.53. The molecule has 1 N–H and O–H groups in total. The maximum absolute atomic E-state index is 12.9. The highest BCUT2D eigenvalue weighted by atomic mass is 16.4. The standard InChI is InChI=1S/C19H24N4O3/c1-3-9-22-12-16(14(2)20-22)18(24)21-10-11-23(17(13-21)19(25)26)15-7-5-4-6-8-15/h4-8,12,17H,3,9-11,13H2,1-2H3,(H,25,26)/t17-/m1/s1. The highest BCUT2D eigenvalue weighted by molar-refractivity contribution is 5.95. The third kappa shape index (κ3) is 3.56. The van der Waals surface area contributed by atoms with Crippen LogP contribution in [0.1, 0.15) is 29.4 Å². The molecule has 1 aromatic heterocycles. The number of rotatable bonds is 5. The summed E-state index contributed by atoms with van der Waals surface area (Å²) >= 11 is 0. The molecule has 138 valence electrons. The molecule has 2 heterocycles. The quantitative estimate of drug-likeness (QED) is 0.887. The first kappa shape index (κ1) is 18.0. The fourth-order valence-corrected chi connectivity index (χ4v) is 3.35. The largest absolute Gasteiger partial charge is 0.480 e. The van der Waals surface area contributed by atoms with Crippen molar-refractivity contribution < 1.29 is 14.7 Å². The summed E-state index contributed by atoms with van der Waals surface area (Å²) in [4.78, 5) is 28.2. The van der Waals surface area contributed by atoms with E-state index < -0.39 is 12.0 Å². The number of aryl methyl sites for hydroxylation is 2. The third-order valence-corrected chi connectivity index (χ3v) is 4.67. The van der Waals surface area contributed by atoms with Gasteiger partial charge in [0.15, 0.2) is 0 Å². The van der Waals surface area contributed by atoms with Crippen molar-refractivity contribution in [1.29, 1.82) is 0 Å². The van der Waals surface area contributed by atoms with Crippen LogP contribution in [0.2, 0.25) is 0 Å². The van der Waals surface area contributed by atoms with E-state index in [1.54, 1.807) is 15.8 Å². The molecule has 0 bridgehead atoms. The summed E-state index contributed by atoms with van der Waals surface area (Å²) < 4.78 is 1.78. The smallest absolute Gasteiger partial charge is 0.328 e. The van der Waals surface area contributed by atoms with Gasteiger partial charge in [0.25, 0.3) is 5.91 Å². The van der Waals surface area contributed by atoms with E-state index in [2.05, 4.69) is 12.0 Å². The zero-order valence-electron chi connectivity index (χ0n) is 15.1. The number of carboxylic acids is 1. The number of anilines is 1. The number of aromatic nitrogens is 2. The lowest BCUT2D eigenvalue weighted by atomic mass is 10.1. The lowest BCUT2D eigenvalue weighted by molar-refractivity contribution is -0.139. The van der Waals surface area contributed by atoms with Crippen LogP contribution in [-0.4, -0.2) is 57.3 Å². The van der Waals surface area contributed by atoms with E-state index in [0.717, 1.165) is 18.7 Å². The van der Waals surface area contributed by atoms with Crippen molar-refractivity contribution in [2.75, 3.05) is 24.5 Å². The lowest BCUT2D eigenvalue weighted by Gasteiger charge is -2.40. The maximum Gasteiger partial charge on any atom is 0.328 e. The van der Waals surface area contributed by atoms with Gasteiger partial charge in [-0.1, -0.05) is 25.1 Å². The minimum Gasteiger partial charge on any atom is -0.480 e. The Kier molecular flexibility index (Phi) is 5.25. The molecule has 0 radical (unpaired) electrons. The van der Waals surface area contributed by atoms with E-state index in [-0.39, 0.29) is 12.5 Å². The van der Waals surface area contributed by atoms with Gasteiger partial charge >= 0.3 is 5.97 Å². The topological polar surface area (TPSA) is 78.7 Å². The molecule has 2 aromatic rings. The van der Waals surface area contributed by atoms with Crippen LogP contribution in [-0.2, 0) is 11.3 Å². The minimum absolute atomic E-state index is 0.149. The van der Waals surface area contributed by atoms with E-state index >= 15 is 0 Å². The van der Waals surface area contributed by atoms with E-state index in [1.807, 2.05) is 42.2 Å². The Morgan fingerprint density at radius 3 is 2.62 bits per heavy atom. The Morgan fingerprint density at radius 2 is 1.96 bits per heavy atom. The van der Waals surface area contributed by atoms with Crippen molar-refractivity contribution in [3.05, 3.63) is 47.8 Å². The van der Waals surface area contributed by atoms with Gasteiger partial charge in [-0.05, 0) is 25.5 Å². The zero-order chi connectivity index (χ0) is 18.7. The van der Waals surface area contributed by atoms with Crippen LogP contribution in [0.3, 0.4) is 0 Å². The van der Waals surface area contributed by atoms with E-state index in [4.69, 9.17) is 0 Å². The molecule has 0 unspecified atom stereocenters. The summed E-state index contributed by atoms with van der Waals surface area (Å²) in [7, 11) is 0. The number of carbonyl (C=O) groups excluding carboxylic acids is 1. The predicted molar refractivity (Wildman–Crippen MR) is 98.4 cm³/mol. The summed E-state index contributed by atoms with van der Waals surface area (Å²) in [6.45, 7) is 5.74. The van der Waals surface area contributed by atoms with Gasteiger partial charge in [-0.15, -0.1) is 0 Å². The summed E-state index contributed by atoms with van der Waals surface area (Å²) in [6, 6.07) is 8.70. The molecule has 1 aliphatic heterocycles. The summed E-state index contributed by atoms with van der Waals surface area (Å²) in [5.74, 6) is -1.08. The Balaban J connectivity index is 1.79. The average Bonchev–Trinajstić information content (AvgIpc) is 3.02. The molecule has 1 amide bonds. The van der Waals surface area contributed by atoms with Crippen LogP contribution in [0.15, 0.2) is 36.5 Å². The van der Waals surface area contributed by atoms with Crippen molar-refractivity contribution in [2.45, 2.75) is 32.9 Å². The molecule has 1 aliphatic rings. The zero-order valence-corrected chi connectivity index (χ0v) is 15.1. The first-order chi connectivity index (χ1) is 12.5. The first-order valence-electron chi connectivity index (χ1n) is 8.89. The number of benzene rings is 1. The predicted octanol–water partition coefficient (Wildman–Crippen LogP) is 2.02. The number of piperazine rings is 1. The van der Waals surface area contributed by atoms with E-state index in [0.29, 0.717) is 24.3 Å². The Bertz CT molecular complexity index is 787. The average molecular weight is 356 g/mol. The van der Waals surface area contributed by atoms with Gasteiger partial charge in [0.1, 0.15) is 6.04 Å². The fourth-order valence-electron chi connectivity index (χ4n) is 3.35. The molecule has 26 heavy (non-hydrogen) atoms. The molecule has 7 heteroatoms. The van der Waals surface area contributed by atoms with Crippen molar-refractivity contribution in [3.8, 4) is 0 Å². The second-order valence-corrected chi connectivity index (χ2v) is 6.53. The molecule has 7 nitrogen and oxygen atoms in total. The van der Waals surface area contributed by atoms with Crippen molar-refractivity contribution in [1.82, 2.24) is 14.7 Å².